The van der Waals surface area contributed by atoms with Gasteiger partial charge < -0.3 is 4.74 Å². The molecule has 0 saturated carbocycles. The van der Waals surface area contributed by atoms with Crippen LogP contribution in [0.2, 0.25) is 0 Å². The molecule has 0 aliphatic carbocycles. The molecule has 1 aromatic rings. The molecule has 0 bridgehead atoms. The Labute approximate surface area is 126 Å². The highest BCUT2D eigenvalue weighted by molar-refractivity contribution is 9.09. The monoisotopic (exact) mass is 326 g/mol. The zero-order valence-electron chi connectivity index (χ0n) is 12.9. The highest BCUT2D eigenvalue weighted by atomic mass is 79.9. The van der Waals surface area contributed by atoms with E-state index in [4.69, 9.17) is 4.74 Å². The van der Waals surface area contributed by atoms with Crippen molar-refractivity contribution in [1.82, 2.24) is 0 Å². The third kappa shape index (κ3) is 4.83. The SMILES string of the molecule is CCC(C)c1ccccc1OCC(CBr)C(C)(C)C. The first-order valence-electron chi connectivity index (χ1n) is 7.17. The number of ether oxygens (including phenoxy) is 1. The first-order valence-corrected chi connectivity index (χ1v) is 8.30. The Bertz CT molecular complexity index is 381. The van der Waals surface area contributed by atoms with E-state index in [0.29, 0.717) is 11.8 Å². The minimum absolute atomic E-state index is 0.259. The summed E-state index contributed by atoms with van der Waals surface area (Å²) in [4.78, 5) is 0. The van der Waals surface area contributed by atoms with Crippen LogP contribution in [-0.2, 0) is 0 Å². The molecule has 0 amide bonds. The van der Waals surface area contributed by atoms with Gasteiger partial charge >= 0.3 is 0 Å². The lowest BCUT2D eigenvalue weighted by Gasteiger charge is -2.29. The first-order chi connectivity index (χ1) is 8.90. The molecule has 1 rings (SSSR count). The lowest BCUT2D eigenvalue weighted by molar-refractivity contribution is 0.164. The first kappa shape index (κ1) is 16.6. The summed E-state index contributed by atoms with van der Waals surface area (Å²) in [6.45, 7) is 12.0. The predicted octanol–water partition coefficient (Wildman–Crippen LogP) is 5.64. The summed E-state index contributed by atoms with van der Waals surface area (Å²) in [5.74, 6) is 2.11. The molecule has 108 valence electrons. The van der Waals surface area contributed by atoms with Crippen molar-refractivity contribution in [2.45, 2.75) is 47.0 Å². The molecule has 2 atom stereocenters. The summed E-state index contributed by atoms with van der Waals surface area (Å²) < 4.78 is 6.11. The van der Waals surface area contributed by atoms with Gasteiger partial charge in [-0.3, -0.25) is 0 Å². The van der Waals surface area contributed by atoms with Gasteiger partial charge in [0, 0.05) is 11.2 Å². The zero-order valence-corrected chi connectivity index (χ0v) is 14.5. The fraction of sp³-hybridized carbons (Fsp3) is 0.647. The Morgan fingerprint density at radius 3 is 2.37 bits per heavy atom. The van der Waals surface area contributed by atoms with Gasteiger partial charge in [0.2, 0.25) is 0 Å². The molecule has 2 unspecified atom stereocenters. The number of para-hydroxylation sites is 1. The minimum atomic E-state index is 0.259. The third-order valence-corrected chi connectivity index (χ3v) is 4.69. The van der Waals surface area contributed by atoms with Crippen LogP contribution in [-0.4, -0.2) is 11.9 Å². The Hall–Kier alpha value is -0.500. The van der Waals surface area contributed by atoms with Gasteiger partial charge in [-0.2, -0.15) is 0 Å². The molecule has 0 saturated heterocycles. The summed E-state index contributed by atoms with van der Waals surface area (Å²) >= 11 is 3.61. The molecule has 0 spiro atoms. The van der Waals surface area contributed by atoms with Crippen LogP contribution in [0, 0.1) is 11.3 Å². The maximum absolute atomic E-state index is 6.11. The van der Waals surface area contributed by atoms with E-state index in [-0.39, 0.29) is 5.41 Å². The van der Waals surface area contributed by atoms with Crippen LogP contribution in [0.25, 0.3) is 0 Å². The van der Waals surface area contributed by atoms with Gasteiger partial charge in [0.05, 0.1) is 6.61 Å². The van der Waals surface area contributed by atoms with Crippen molar-refractivity contribution in [2.75, 3.05) is 11.9 Å². The molecule has 0 radical (unpaired) electrons. The van der Waals surface area contributed by atoms with Gasteiger partial charge in [0.15, 0.2) is 0 Å². The molecule has 0 heterocycles. The molecular weight excluding hydrogens is 300 g/mol. The predicted molar refractivity (Wildman–Crippen MR) is 87.4 cm³/mol. The Morgan fingerprint density at radius 2 is 1.84 bits per heavy atom. The average Bonchev–Trinajstić information content (AvgIpc) is 2.37. The maximum atomic E-state index is 6.11. The van der Waals surface area contributed by atoms with E-state index < -0.39 is 0 Å². The zero-order chi connectivity index (χ0) is 14.5. The van der Waals surface area contributed by atoms with Crippen molar-refractivity contribution in [2.24, 2.45) is 11.3 Å². The smallest absolute Gasteiger partial charge is 0.122 e. The van der Waals surface area contributed by atoms with Gasteiger partial charge in [-0.25, -0.2) is 0 Å². The molecule has 1 nitrogen and oxygen atoms in total. The van der Waals surface area contributed by atoms with Crippen molar-refractivity contribution in [3.63, 3.8) is 0 Å². The second-order valence-corrected chi connectivity index (χ2v) is 7.02. The van der Waals surface area contributed by atoms with Gasteiger partial charge in [0.25, 0.3) is 0 Å². The van der Waals surface area contributed by atoms with Crippen LogP contribution < -0.4 is 4.74 Å². The number of rotatable bonds is 6. The maximum Gasteiger partial charge on any atom is 0.122 e. The highest BCUT2D eigenvalue weighted by Crippen LogP contribution is 2.31. The van der Waals surface area contributed by atoms with Crippen LogP contribution in [0.1, 0.15) is 52.5 Å². The average molecular weight is 327 g/mol. The number of benzene rings is 1. The molecule has 0 N–H and O–H groups in total. The summed E-state index contributed by atoms with van der Waals surface area (Å²) in [6, 6.07) is 8.43. The fourth-order valence-electron chi connectivity index (χ4n) is 1.96. The summed E-state index contributed by atoms with van der Waals surface area (Å²) in [5.41, 5.74) is 1.58. The van der Waals surface area contributed by atoms with Crippen molar-refractivity contribution >= 4 is 15.9 Å². The van der Waals surface area contributed by atoms with E-state index in [1.807, 2.05) is 0 Å². The van der Waals surface area contributed by atoms with Crippen molar-refractivity contribution in [3.8, 4) is 5.75 Å². The van der Waals surface area contributed by atoms with Gasteiger partial charge in [-0.15, -0.1) is 0 Å². The molecule has 19 heavy (non-hydrogen) atoms. The Kier molecular flexibility index (Phi) is 6.38. The third-order valence-electron chi connectivity index (χ3n) is 3.91. The van der Waals surface area contributed by atoms with Crippen LogP contribution in [0.5, 0.6) is 5.75 Å². The Balaban J connectivity index is 2.77. The fourth-order valence-corrected chi connectivity index (χ4v) is 3.11. The van der Waals surface area contributed by atoms with Crippen molar-refractivity contribution in [3.05, 3.63) is 29.8 Å². The van der Waals surface area contributed by atoms with E-state index in [0.717, 1.165) is 24.1 Å². The lowest BCUT2D eigenvalue weighted by atomic mass is 9.83. The van der Waals surface area contributed by atoms with Gasteiger partial charge in [-0.1, -0.05) is 68.7 Å². The molecular formula is C17H27BrO. The normalized spacial score (nSPS) is 15.1. The van der Waals surface area contributed by atoms with Crippen molar-refractivity contribution in [1.29, 1.82) is 0 Å². The number of halogens is 1. The van der Waals surface area contributed by atoms with Crippen LogP contribution in [0.15, 0.2) is 24.3 Å². The van der Waals surface area contributed by atoms with Crippen LogP contribution in [0.3, 0.4) is 0 Å². The van der Waals surface area contributed by atoms with E-state index in [1.165, 1.54) is 5.56 Å². The molecule has 0 aliphatic heterocycles. The second-order valence-electron chi connectivity index (χ2n) is 6.38. The highest BCUT2D eigenvalue weighted by Gasteiger charge is 2.24. The standard InChI is InChI=1S/C17H27BrO/c1-6-13(2)15-9-7-8-10-16(15)19-12-14(11-18)17(3,4)5/h7-10,13-14H,6,11-12H2,1-5H3. The molecule has 0 fully saturated rings. The largest absolute Gasteiger partial charge is 0.493 e. The molecule has 0 aromatic heterocycles. The van der Waals surface area contributed by atoms with Gasteiger partial charge in [0.1, 0.15) is 5.75 Å². The van der Waals surface area contributed by atoms with Gasteiger partial charge in [-0.05, 0) is 29.4 Å². The summed E-state index contributed by atoms with van der Waals surface area (Å²) in [7, 11) is 0. The van der Waals surface area contributed by atoms with E-state index in [2.05, 4.69) is 74.8 Å². The lowest BCUT2D eigenvalue weighted by Crippen LogP contribution is -2.28. The van der Waals surface area contributed by atoms with E-state index >= 15 is 0 Å². The molecule has 0 aliphatic rings. The number of hydrogen-bond donors (Lipinski definition) is 0. The molecule has 1 aromatic carbocycles. The quantitative estimate of drug-likeness (QED) is 0.615. The topological polar surface area (TPSA) is 9.23 Å². The number of hydrogen-bond acceptors (Lipinski definition) is 1. The summed E-state index contributed by atoms with van der Waals surface area (Å²) in [5, 5.41) is 0.974. The van der Waals surface area contributed by atoms with E-state index in [1.54, 1.807) is 0 Å². The van der Waals surface area contributed by atoms with Crippen molar-refractivity contribution < 1.29 is 4.74 Å². The minimum Gasteiger partial charge on any atom is -0.493 e. The molecule has 2 heteroatoms. The number of alkyl halides is 1. The van der Waals surface area contributed by atoms with Crippen LogP contribution >= 0.6 is 15.9 Å². The van der Waals surface area contributed by atoms with E-state index in [9.17, 15) is 0 Å². The second kappa shape index (κ2) is 7.33. The summed E-state index contributed by atoms with van der Waals surface area (Å²) in [6.07, 6.45) is 1.14. The van der Waals surface area contributed by atoms with Crippen LogP contribution in [0.4, 0.5) is 0 Å². The Morgan fingerprint density at radius 1 is 1.21 bits per heavy atom.